The second kappa shape index (κ2) is 15.0. The van der Waals surface area contributed by atoms with Gasteiger partial charge in [-0.15, -0.1) is 0 Å². The molecule has 326 valence electrons. The summed E-state index contributed by atoms with van der Waals surface area (Å²) in [5.74, 6) is 0.612. The molecule has 6 heteroatoms. The van der Waals surface area contributed by atoms with Crippen LogP contribution in [0, 0.1) is 0 Å². The van der Waals surface area contributed by atoms with Crippen molar-refractivity contribution in [1.29, 1.82) is 0 Å². The quantitative estimate of drug-likeness (QED) is 0.166. The van der Waals surface area contributed by atoms with Crippen molar-refractivity contribution in [3.05, 3.63) is 224 Å². The SMILES string of the molecule is c1ccc(-c2cc(-c3cccc4oc5ccc(-c6cccc7oc8c(-c9ccc%10c(c9)c9ccccc9n%10-c9ccccc9)cccc8c67)cc5c34)nc(-c3ccc4c(c3)oc3ccccc34)n2)cc1. The molecule has 6 nitrogen and oxygen atoms in total. The molecule has 5 heterocycles. The fourth-order valence-electron chi connectivity index (χ4n) is 10.9. The number of para-hydroxylation sites is 4. The van der Waals surface area contributed by atoms with Crippen LogP contribution >= 0.6 is 0 Å². The van der Waals surface area contributed by atoms with Crippen LogP contribution in [0.2, 0.25) is 0 Å². The molecular weight excluding hydrogens is 859 g/mol. The lowest BCUT2D eigenvalue weighted by atomic mass is 9.95. The zero-order valence-electron chi connectivity index (χ0n) is 37.4. The normalized spacial score (nSPS) is 12.0. The third-order valence-corrected chi connectivity index (χ3v) is 14.0. The molecule has 0 atom stereocenters. The van der Waals surface area contributed by atoms with Crippen LogP contribution in [0.5, 0.6) is 0 Å². The first-order chi connectivity index (χ1) is 34.7. The molecule has 70 heavy (non-hydrogen) atoms. The van der Waals surface area contributed by atoms with Crippen LogP contribution in [-0.2, 0) is 0 Å². The molecule has 0 unspecified atom stereocenters. The van der Waals surface area contributed by atoms with Gasteiger partial charge in [0.2, 0.25) is 0 Å². The van der Waals surface area contributed by atoms with E-state index in [1.165, 1.54) is 16.3 Å². The van der Waals surface area contributed by atoms with Crippen LogP contribution in [0.25, 0.3) is 149 Å². The van der Waals surface area contributed by atoms with Crippen molar-refractivity contribution in [1.82, 2.24) is 14.5 Å². The van der Waals surface area contributed by atoms with E-state index in [0.717, 1.165) is 127 Å². The number of fused-ring (bicyclic) bond motifs is 12. The molecule has 0 aliphatic carbocycles. The maximum absolute atomic E-state index is 6.88. The van der Waals surface area contributed by atoms with Gasteiger partial charge in [-0.2, -0.15) is 0 Å². The largest absolute Gasteiger partial charge is 0.456 e. The molecule has 0 fully saturated rings. The molecule has 0 aliphatic rings. The number of nitrogens with zero attached hydrogens (tertiary/aromatic N) is 3. The minimum Gasteiger partial charge on any atom is -0.456 e. The van der Waals surface area contributed by atoms with E-state index in [1.54, 1.807) is 0 Å². The Labute approximate surface area is 399 Å². The van der Waals surface area contributed by atoms with Crippen molar-refractivity contribution >= 4 is 87.6 Å². The van der Waals surface area contributed by atoms with E-state index in [-0.39, 0.29) is 0 Å². The smallest absolute Gasteiger partial charge is 0.160 e. The molecule has 0 saturated carbocycles. The maximum atomic E-state index is 6.88. The first kappa shape index (κ1) is 38.6. The summed E-state index contributed by atoms with van der Waals surface area (Å²) in [7, 11) is 0. The van der Waals surface area contributed by atoms with Crippen LogP contribution in [0.4, 0.5) is 0 Å². The summed E-state index contributed by atoms with van der Waals surface area (Å²) >= 11 is 0. The summed E-state index contributed by atoms with van der Waals surface area (Å²) in [6, 6.07) is 78.4. The van der Waals surface area contributed by atoms with Crippen molar-refractivity contribution in [3.63, 3.8) is 0 Å². The van der Waals surface area contributed by atoms with Gasteiger partial charge in [0, 0.05) is 71.0 Å². The van der Waals surface area contributed by atoms with E-state index in [0.29, 0.717) is 5.82 Å². The third-order valence-electron chi connectivity index (χ3n) is 14.0. The van der Waals surface area contributed by atoms with E-state index in [1.807, 2.05) is 48.5 Å². The molecule has 15 rings (SSSR count). The molecule has 0 radical (unpaired) electrons. The minimum atomic E-state index is 0.612. The molecule has 15 aromatic rings. The van der Waals surface area contributed by atoms with Gasteiger partial charge < -0.3 is 17.8 Å². The fourth-order valence-corrected chi connectivity index (χ4v) is 10.9. The molecule has 10 aromatic carbocycles. The van der Waals surface area contributed by atoms with E-state index in [9.17, 15) is 0 Å². The Bertz CT molecular complexity index is 4590. The van der Waals surface area contributed by atoms with Crippen LogP contribution in [-0.4, -0.2) is 14.5 Å². The fraction of sp³-hybridized carbons (Fsp3) is 0. The van der Waals surface area contributed by atoms with Crippen molar-refractivity contribution in [2.24, 2.45) is 0 Å². The van der Waals surface area contributed by atoms with Gasteiger partial charge in [0.1, 0.15) is 33.5 Å². The van der Waals surface area contributed by atoms with Crippen molar-refractivity contribution in [2.75, 3.05) is 0 Å². The molecule has 0 aliphatic heterocycles. The molecule has 0 amide bonds. The van der Waals surface area contributed by atoms with Gasteiger partial charge in [0.15, 0.2) is 5.82 Å². The lowest BCUT2D eigenvalue weighted by Crippen LogP contribution is -1.96. The summed E-state index contributed by atoms with van der Waals surface area (Å²) in [5, 5.41) is 8.69. The molecule has 0 bridgehead atoms. The van der Waals surface area contributed by atoms with E-state index >= 15 is 0 Å². The van der Waals surface area contributed by atoms with E-state index in [4.69, 9.17) is 23.2 Å². The standard InChI is InChI=1S/C64H37N3O3/c1-3-14-38(15-4-1)52-37-53(66-64(65-52)41-28-31-47-46-19-8-10-25-56(46)69-60(47)36-41)48-22-13-26-58-62(48)51-35-39(30-33-57(51)68-58)43-20-12-27-59-61(43)49-23-11-21-44(63(49)70-59)40-29-32-55-50(34-40)45-18-7-9-24-54(45)67(55)42-16-5-2-6-17-42/h1-37H. The van der Waals surface area contributed by atoms with Crippen LogP contribution in [0.3, 0.4) is 0 Å². The Morgan fingerprint density at radius 3 is 1.77 bits per heavy atom. The monoisotopic (exact) mass is 895 g/mol. The maximum Gasteiger partial charge on any atom is 0.160 e. The Morgan fingerprint density at radius 1 is 0.300 bits per heavy atom. The molecular formula is C64H37N3O3. The highest BCUT2D eigenvalue weighted by Crippen LogP contribution is 2.45. The molecule has 0 spiro atoms. The number of aromatic nitrogens is 3. The highest BCUT2D eigenvalue weighted by atomic mass is 16.3. The third kappa shape index (κ3) is 5.87. The van der Waals surface area contributed by atoms with Gasteiger partial charge in [-0.05, 0) is 95.6 Å². The van der Waals surface area contributed by atoms with Crippen molar-refractivity contribution in [2.45, 2.75) is 0 Å². The minimum absolute atomic E-state index is 0.612. The zero-order valence-corrected chi connectivity index (χ0v) is 37.4. The Hall–Kier alpha value is -9.52. The predicted molar refractivity (Wildman–Crippen MR) is 285 cm³/mol. The number of hydrogen-bond donors (Lipinski definition) is 0. The topological polar surface area (TPSA) is 70.1 Å². The summed E-state index contributed by atoms with van der Waals surface area (Å²) in [6.45, 7) is 0. The highest BCUT2D eigenvalue weighted by molar-refractivity contribution is 6.18. The number of benzene rings is 10. The van der Waals surface area contributed by atoms with Crippen LogP contribution in [0.15, 0.2) is 238 Å². The summed E-state index contributed by atoms with van der Waals surface area (Å²) < 4.78 is 22.2. The molecule has 5 aromatic heterocycles. The van der Waals surface area contributed by atoms with Gasteiger partial charge in [-0.25, -0.2) is 9.97 Å². The average molecular weight is 896 g/mol. The average Bonchev–Trinajstić information content (AvgIpc) is 4.19. The molecule has 0 N–H and O–H groups in total. The van der Waals surface area contributed by atoms with Crippen molar-refractivity contribution in [3.8, 4) is 61.8 Å². The van der Waals surface area contributed by atoms with Crippen LogP contribution in [0.1, 0.15) is 0 Å². The highest BCUT2D eigenvalue weighted by Gasteiger charge is 2.21. The van der Waals surface area contributed by atoms with Crippen LogP contribution < -0.4 is 0 Å². The Kier molecular flexibility index (Phi) is 8.26. The number of rotatable bonds is 6. The van der Waals surface area contributed by atoms with Gasteiger partial charge in [0.05, 0.1) is 22.4 Å². The van der Waals surface area contributed by atoms with E-state index < -0.39 is 0 Å². The van der Waals surface area contributed by atoms with Gasteiger partial charge in [-0.3, -0.25) is 0 Å². The van der Waals surface area contributed by atoms with E-state index in [2.05, 4.69) is 180 Å². The first-order valence-electron chi connectivity index (χ1n) is 23.5. The van der Waals surface area contributed by atoms with Gasteiger partial charge in [0.25, 0.3) is 0 Å². The Morgan fingerprint density at radius 2 is 0.886 bits per heavy atom. The number of hydrogen-bond acceptors (Lipinski definition) is 5. The summed E-state index contributed by atoms with van der Waals surface area (Å²) in [6.07, 6.45) is 0. The zero-order chi connectivity index (χ0) is 45.9. The summed E-state index contributed by atoms with van der Waals surface area (Å²) in [5.41, 5.74) is 17.2. The Balaban J connectivity index is 0.879. The second-order valence-corrected chi connectivity index (χ2v) is 18.0. The van der Waals surface area contributed by atoms with Gasteiger partial charge >= 0.3 is 0 Å². The first-order valence-corrected chi connectivity index (χ1v) is 23.5. The lowest BCUT2D eigenvalue weighted by molar-refractivity contribution is 0.668. The lowest BCUT2D eigenvalue weighted by Gasteiger charge is -2.10. The molecule has 0 saturated heterocycles. The van der Waals surface area contributed by atoms with Crippen molar-refractivity contribution < 1.29 is 13.3 Å². The number of furan rings is 3. The summed E-state index contributed by atoms with van der Waals surface area (Å²) in [4.78, 5) is 10.5. The van der Waals surface area contributed by atoms with Gasteiger partial charge in [-0.1, -0.05) is 146 Å². The second-order valence-electron chi connectivity index (χ2n) is 18.0. The predicted octanol–water partition coefficient (Wildman–Crippen LogP) is 17.6.